The van der Waals surface area contributed by atoms with Gasteiger partial charge in [0.05, 0.1) is 14.2 Å². The molecule has 0 radical (unpaired) electrons. The van der Waals surface area contributed by atoms with E-state index >= 15 is 0 Å². The zero-order valence-electron chi connectivity index (χ0n) is 15.5. The predicted octanol–water partition coefficient (Wildman–Crippen LogP) is 6.43. The second-order valence-corrected chi connectivity index (χ2v) is 9.08. The molecule has 0 saturated heterocycles. The Hall–Kier alpha value is -1.00. The van der Waals surface area contributed by atoms with Crippen molar-refractivity contribution < 1.29 is 9.47 Å². The Morgan fingerprint density at radius 1 is 0.962 bits per heavy atom. The Labute approximate surface area is 172 Å². The van der Waals surface area contributed by atoms with E-state index in [9.17, 15) is 0 Å². The molecule has 2 aliphatic carbocycles. The maximum atomic E-state index is 5.87. The standard InChI is InChI=1S/C22H24Br2O2/c1-4-5-13-12-15-17(24)7-9-19(26-3)21(15)22(13)11-10-14-16(23)6-8-18(25-2)20(14)22/h6-9,13H,4-5,10-12H2,1-3H3/t13?,22-/m0/s1. The van der Waals surface area contributed by atoms with Crippen molar-refractivity contribution in [1.29, 1.82) is 0 Å². The van der Waals surface area contributed by atoms with Gasteiger partial charge in [0.15, 0.2) is 0 Å². The molecular weight excluding hydrogens is 456 g/mol. The number of ether oxygens (including phenoxy) is 2. The van der Waals surface area contributed by atoms with Crippen LogP contribution < -0.4 is 9.47 Å². The van der Waals surface area contributed by atoms with Crippen molar-refractivity contribution in [2.24, 2.45) is 5.92 Å². The van der Waals surface area contributed by atoms with Gasteiger partial charge in [-0.15, -0.1) is 0 Å². The van der Waals surface area contributed by atoms with Crippen LogP contribution in [0.3, 0.4) is 0 Å². The Kier molecular flexibility index (Phi) is 4.85. The smallest absolute Gasteiger partial charge is 0.123 e. The summed E-state index contributed by atoms with van der Waals surface area (Å²) in [6.07, 6.45) is 5.68. The zero-order valence-corrected chi connectivity index (χ0v) is 18.7. The van der Waals surface area contributed by atoms with Crippen molar-refractivity contribution in [1.82, 2.24) is 0 Å². The summed E-state index contributed by atoms with van der Waals surface area (Å²) in [6, 6.07) is 8.48. The zero-order chi connectivity index (χ0) is 18.5. The van der Waals surface area contributed by atoms with Crippen molar-refractivity contribution in [3.05, 3.63) is 55.5 Å². The fourth-order valence-electron chi connectivity index (χ4n) is 5.39. The predicted molar refractivity (Wildman–Crippen MR) is 113 cm³/mol. The lowest BCUT2D eigenvalue weighted by Gasteiger charge is -2.35. The molecule has 0 fully saturated rings. The SMILES string of the molecule is CCCC1Cc2c(Br)ccc(OC)c2[C@@]12CCc1c(Br)ccc(OC)c12. The minimum Gasteiger partial charge on any atom is -0.496 e. The topological polar surface area (TPSA) is 18.5 Å². The fourth-order valence-corrected chi connectivity index (χ4v) is 6.41. The van der Waals surface area contributed by atoms with Crippen LogP contribution in [0.4, 0.5) is 0 Å². The van der Waals surface area contributed by atoms with Gasteiger partial charge in [-0.25, -0.2) is 0 Å². The van der Waals surface area contributed by atoms with Crippen molar-refractivity contribution >= 4 is 31.9 Å². The fraction of sp³-hybridized carbons (Fsp3) is 0.455. The average molecular weight is 480 g/mol. The first-order valence-corrected chi connectivity index (χ1v) is 10.9. The van der Waals surface area contributed by atoms with E-state index in [1.165, 1.54) is 44.0 Å². The van der Waals surface area contributed by atoms with E-state index in [2.05, 4.69) is 63.0 Å². The van der Waals surface area contributed by atoms with E-state index in [0.717, 1.165) is 30.8 Å². The first kappa shape index (κ1) is 18.4. The van der Waals surface area contributed by atoms with Crippen LogP contribution in [-0.4, -0.2) is 14.2 Å². The van der Waals surface area contributed by atoms with Crippen LogP contribution in [0.2, 0.25) is 0 Å². The number of methoxy groups -OCH3 is 2. The highest BCUT2D eigenvalue weighted by Crippen LogP contribution is 2.62. The van der Waals surface area contributed by atoms with Gasteiger partial charge < -0.3 is 9.47 Å². The van der Waals surface area contributed by atoms with E-state index in [-0.39, 0.29) is 5.41 Å². The van der Waals surface area contributed by atoms with Crippen LogP contribution >= 0.6 is 31.9 Å². The molecule has 0 bridgehead atoms. The molecule has 2 atom stereocenters. The maximum Gasteiger partial charge on any atom is 0.123 e. The lowest BCUT2D eigenvalue weighted by molar-refractivity contribution is 0.302. The van der Waals surface area contributed by atoms with Gasteiger partial charge in [0.2, 0.25) is 0 Å². The number of hydrogen-bond acceptors (Lipinski definition) is 2. The Bertz CT molecular complexity index is 841. The maximum absolute atomic E-state index is 5.87. The number of fused-ring (bicyclic) bond motifs is 4. The summed E-state index contributed by atoms with van der Waals surface area (Å²) in [6.45, 7) is 2.29. The second-order valence-electron chi connectivity index (χ2n) is 7.37. The van der Waals surface area contributed by atoms with Crippen LogP contribution in [0, 0.1) is 5.92 Å². The van der Waals surface area contributed by atoms with E-state index in [0.29, 0.717) is 5.92 Å². The minimum absolute atomic E-state index is 0.0229. The van der Waals surface area contributed by atoms with Crippen molar-refractivity contribution in [3.63, 3.8) is 0 Å². The molecule has 0 amide bonds. The molecule has 0 aliphatic heterocycles. The van der Waals surface area contributed by atoms with Crippen LogP contribution in [0.25, 0.3) is 0 Å². The van der Waals surface area contributed by atoms with E-state index in [1.807, 2.05) is 0 Å². The number of rotatable bonds is 4. The molecule has 2 aliphatic rings. The largest absolute Gasteiger partial charge is 0.496 e. The van der Waals surface area contributed by atoms with Gasteiger partial charge >= 0.3 is 0 Å². The van der Waals surface area contributed by atoms with E-state index in [1.54, 1.807) is 14.2 Å². The van der Waals surface area contributed by atoms with Crippen molar-refractivity contribution in [3.8, 4) is 11.5 Å². The van der Waals surface area contributed by atoms with Gasteiger partial charge in [-0.3, -0.25) is 0 Å². The highest BCUT2D eigenvalue weighted by molar-refractivity contribution is 9.10. The average Bonchev–Trinajstić information content (AvgIpc) is 3.19. The summed E-state index contributed by atoms with van der Waals surface area (Å²) in [4.78, 5) is 0. The lowest BCUT2D eigenvalue weighted by atomic mass is 9.68. The molecule has 0 heterocycles. The van der Waals surface area contributed by atoms with Crippen LogP contribution in [0.1, 0.15) is 48.4 Å². The van der Waals surface area contributed by atoms with Crippen molar-refractivity contribution in [2.45, 2.75) is 44.4 Å². The molecule has 1 unspecified atom stereocenters. The minimum atomic E-state index is -0.0229. The van der Waals surface area contributed by atoms with Crippen LogP contribution in [0.5, 0.6) is 11.5 Å². The number of hydrogen-bond donors (Lipinski definition) is 0. The Balaban J connectivity index is 2.07. The number of halogens is 2. The number of benzene rings is 2. The third-order valence-electron chi connectivity index (χ3n) is 6.32. The summed E-state index contributed by atoms with van der Waals surface area (Å²) in [5, 5.41) is 0. The summed E-state index contributed by atoms with van der Waals surface area (Å²) in [7, 11) is 3.58. The van der Waals surface area contributed by atoms with Crippen LogP contribution in [0.15, 0.2) is 33.2 Å². The molecule has 4 rings (SSSR count). The molecule has 26 heavy (non-hydrogen) atoms. The monoisotopic (exact) mass is 478 g/mol. The van der Waals surface area contributed by atoms with Gasteiger partial charge in [-0.2, -0.15) is 0 Å². The lowest BCUT2D eigenvalue weighted by Crippen LogP contribution is -2.31. The van der Waals surface area contributed by atoms with Crippen molar-refractivity contribution in [2.75, 3.05) is 14.2 Å². The normalized spacial score (nSPS) is 23.2. The highest BCUT2D eigenvalue weighted by Gasteiger charge is 2.54. The summed E-state index contributed by atoms with van der Waals surface area (Å²) in [5.41, 5.74) is 5.55. The van der Waals surface area contributed by atoms with Gasteiger partial charge in [0.1, 0.15) is 11.5 Å². The van der Waals surface area contributed by atoms with E-state index < -0.39 is 0 Å². The molecule has 0 saturated carbocycles. The summed E-state index contributed by atoms with van der Waals surface area (Å²) in [5.74, 6) is 2.59. The molecule has 1 spiro atoms. The van der Waals surface area contributed by atoms with Gasteiger partial charge in [-0.05, 0) is 67.0 Å². The molecule has 138 valence electrons. The summed E-state index contributed by atoms with van der Waals surface area (Å²) < 4.78 is 14.1. The van der Waals surface area contributed by atoms with Crippen LogP contribution in [-0.2, 0) is 18.3 Å². The first-order valence-electron chi connectivity index (χ1n) is 9.30. The molecule has 2 nitrogen and oxygen atoms in total. The molecular formula is C22H24Br2O2. The Morgan fingerprint density at radius 2 is 1.54 bits per heavy atom. The third kappa shape index (κ3) is 2.41. The molecule has 0 N–H and O–H groups in total. The first-order chi connectivity index (χ1) is 12.6. The second kappa shape index (κ2) is 6.87. The molecule has 4 heteroatoms. The van der Waals surface area contributed by atoms with Gasteiger partial charge in [0.25, 0.3) is 0 Å². The quantitative estimate of drug-likeness (QED) is 0.502. The molecule has 2 aromatic rings. The Morgan fingerprint density at radius 3 is 2.12 bits per heavy atom. The van der Waals surface area contributed by atoms with Gasteiger partial charge in [-0.1, -0.05) is 45.2 Å². The third-order valence-corrected chi connectivity index (χ3v) is 7.81. The van der Waals surface area contributed by atoms with E-state index in [4.69, 9.17) is 9.47 Å². The molecule has 2 aromatic carbocycles. The summed E-state index contributed by atoms with van der Waals surface area (Å²) >= 11 is 7.61. The highest BCUT2D eigenvalue weighted by atomic mass is 79.9. The molecule has 0 aromatic heterocycles. The van der Waals surface area contributed by atoms with Gasteiger partial charge in [0, 0.05) is 25.5 Å².